The van der Waals surface area contributed by atoms with Crippen LogP contribution < -0.4 is 0 Å². The summed E-state index contributed by atoms with van der Waals surface area (Å²) in [5.41, 5.74) is -0.353. The fourth-order valence-corrected chi connectivity index (χ4v) is 1.72. The highest BCUT2D eigenvalue weighted by molar-refractivity contribution is 6.14. The maximum absolute atomic E-state index is 12.2. The van der Waals surface area contributed by atoms with Crippen molar-refractivity contribution < 1.29 is 9.72 Å². The number of nitro benzene ring substituents is 1. The molecule has 0 aliphatic rings. The van der Waals surface area contributed by atoms with Gasteiger partial charge in [0.2, 0.25) is 5.78 Å². The smallest absolute Gasteiger partial charge is 0.280 e. The van der Waals surface area contributed by atoms with E-state index in [1.807, 2.05) is 0 Å². The van der Waals surface area contributed by atoms with Crippen molar-refractivity contribution >= 4 is 17.2 Å². The van der Waals surface area contributed by atoms with Gasteiger partial charge in [-0.1, -0.05) is 24.3 Å². The van der Waals surface area contributed by atoms with Gasteiger partial charge in [0, 0.05) is 6.07 Å². The first-order chi connectivity index (χ1) is 9.15. The van der Waals surface area contributed by atoms with Crippen molar-refractivity contribution in [2.45, 2.75) is 0 Å². The molecule has 2 aromatic carbocycles. The summed E-state index contributed by atoms with van der Waals surface area (Å²) in [7, 11) is 0. The number of hydrogen-bond acceptors (Lipinski definition) is 5. The minimum atomic E-state index is -0.635. The lowest BCUT2D eigenvalue weighted by Crippen LogP contribution is -2.05. The predicted octanol–water partition coefficient (Wildman–Crippen LogP) is 3.22. The largest absolute Gasteiger partial charge is 0.288 e. The molecule has 6 heteroatoms. The van der Waals surface area contributed by atoms with Crippen molar-refractivity contribution in [2.24, 2.45) is 5.18 Å². The van der Waals surface area contributed by atoms with E-state index >= 15 is 0 Å². The van der Waals surface area contributed by atoms with E-state index in [4.69, 9.17) is 0 Å². The number of rotatable bonds is 4. The highest BCUT2D eigenvalue weighted by Gasteiger charge is 2.22. The van der Waals surface area contributed by atoms with Gasteiger partial charge < -0.3 is 0 Å². The third-order valence-corrected chi connectivity index (χ3v) is 2.59. The van der Waals surface area contributed by atoms with Crippen LogP contribution in [0.1, 0.15) is 15.9 Å². The van der Waals surface area contributed by atoms with Crippen LogP contribution >= 0.6 is 0 Å². The van der Waals surface area contributed by atoms with Gasteiger partial charge in [-0.15, -0.1) is 4.91 Å². The number of hydrogen-bond donors (Lipinski definition) is 0. The summed E-state index contributed by atoms with van der Waals surface area (Å²) in [6.45, 7) is 0. The predicted molar refractivity (Wildman–Crippen MR) is 68.4 cm³/mol. The highest BCUT2D eigenvalue weighted by atomic mass is 16.6. The van der Waals surface area contributed by atoms with Gasteiger partial charge in [0.05, 0.1) is 10.5 Å². The minimum Gasteiger partial charge on any atom is -0.288 e. The molecule has 0 fully saturated rings. The summed E-state index contributed by atoms with van der Waals surface area (Å²) < 4.78 is 0. The first-order valence-electron chi connectivity index (χ1n) is 5.35. The number of carbonyl (C=O) groups excluding carboxylic acids is 1. The molecule has 0 N–H and O–H groups in total. The van der Waals surface area contributed by atoms with Gasteiger partial charge in [-0.3, -0.25) is 14.9 Å². The van der Waals surface area contributed by atoms with Gasteiger partial charge >= 0.3 is 0 Å². The normalized spacial score (nSPS) is 9.89. The number of benzene rings is 2. The van der Waals surface area contributed by atoms with Crippen LogP contribution in [0.5, 0.6) is 0 Å². The molecule has 0 radical (unpaired) electrons. The molecule has 0 saturated heterocycles. The van der Waals surface area contributed by atoms with E-state index in [0.29, 0.717) is 0 Å². The van der Waals surface area contributed by atoms with Crippen LogP contribution in [0, 0.1) is 15.0 Å². The molecule has 0 saturated carbocycles. The molecule has 0 unspecified atom stereocenters. The lowest BCUT2D eigenvalue weighted by atomic mass is 10.0. The van der Waals surface area contributed by atoms with Crippen LogP contribution in [0.15, 0.2) is 53.7 Å². The fourth-order valence-electron chi connectivity index (χ4n) is 1.72. The van der Waals surface area contributed by atoms with Crippen molar-refractivity contribution in [3.8, 4) is 0 Å². The Morgan fingerprint density at radius 3 is 2.21 bits per heavy atom. The third kappa shape index (κ3) is 2.37. The molecule has 19 heavy (non-hydrogen) atoms. The minimum absolute atomic E-state index is 0.0364. The Labute approximate surface area is 107 Å². The summed E-state index contributed by atoms with van der Waals surface area (Å²) in [5.74, 6) is -0.595. The number of ketones is 1. The fraction of sp³-hybridized carbons (Fsp3) is 0. The third-order valence-electron chi connectivity index (χ3n) is 2.59. The molecule has 0 amide bonds. The summed E-state index contributed by atoms with van der Waals surface area (Å²) in [6, 6.07) is 11.5. The number of carbonyl (C=O) groups is 1. The zero-order chi connectivity index (χ0) is 13.8. The molecule has 0 spiro atoms. The topological polar surface area (TPSA) is 89.6 Å². The van der Waals surface area contributed by atoms with Gasteiger partial charge in [-0.05, 0) is 23.4 Å². The molecular formula is C13H8N2O4. The van der Waals surface area contributed by atoms with Gasteiger partial charge in [0.15, 0.2) is 0 Å². The van der Waals surface area contributed by atoms with Crippen molar-refractivity contribution in [2.75, 3.05) is 0 Å². The van der Waals surface area contributed by atoms with Gasteiger partial charge in [-0.25, -0.2) is 0 Å². The zero-order valence-electron chi connectivity index (χ0n) is 9.65. The Morgan fingerprint density at radius 2 is 1.58 bits per heavy atom. The number of nitrogens with zero attached hydrogens (tertiary/aromatic N) is 2. The monoisotopic (exact) mass is 256 g/mol. The molecule has 0 atom stereocenters. The van der Waals surface area contributed by atoms with E-state index in [1.54, 1.807) is 12.1 Å². The molecule has 0 aliphatic heterocycles. The first-order valence-corrected chi connectivity index (χ1v) is 5.35. The average molecular weight is 256 g/mol. The molecule has 0 aromatic heterocycles. The van der Waals surface area contributed by atoms with Gasteiger partial charge in [0.25, 0.3) is 5.69 Å². The summed E-state index contributed by atoms with van der Waals surface area (Å²) in [4.78, 5) is 33.1. The summed E-state index contributed by atoms with van der Waals surface area (Å²) >= 11 is 0. The quantitative estimate of drug-likeness (QED) is 0.363. The van der Waals surface area contributed by atoms with Crippen LogP contribution in [0.3, 0.4) is 0 Å². The van der Waals surface area contributed by atoms with E-state index in [9.17, 15) is 19.8 Å². The second kappa shape index (κ2) is 5.18. The van der Waals surface area contributed by atoms with E-state index in [2.05, 4.69) is 5.18 Å². The van der Waals surface area contributed by atoms with E-state index in [0.717, 1.165) is 0 Å². The van der Waals surface area contributed by atoms with E-state index in [-0.39, 0.29) is 22.5 Å². The van der Waals surface area contributed by atoms with Crippen LogP contribution in [0.2, 0.25) is 0 Å². The highest BCUT2D eigenvalue weighted by Crippen LogP contribution is 2.26. The number of nitro groups is 1. The Hall–Kier alpha value is -2.89. The Balaban J connectivity index is 2.57. The summed E-state index contributed by atoms with van der Waals surface area (Å²) in [5, 5.41) is 13.6. The van der Waals surface area contributed by atoms with Crippen molar-refractivity contribution in [3.05, 3.63) is 74.7 Å². The second-order valence-electron chi connectivity index (χ2n) is 3.71. The molecule has 6 nitrogen and oxygen atoms in total. The second-order valence-corrected chi connectivity index (χ2v) is 3.71. The van der Waals surface area contributed by atoms with E-state index < -0.39 is 10.7 Å². The van der Waals surface area contributed by atoms with Crippen LogP contribution in [0.4, 0.5) is 11.4 Å². The standard InChI is InChI=1S/C13H8N2O4/c16-13(9-5-1-3-7-11(9)14-17)10-6-2-4-8-12(10)15(18)19/h1-8H. The van der Waals surface area contributed by atoms with Crippen LogP contribution in [-0.2, 0) is 0 Å². The van der Waals surface area contributed by atoms with Crippen LogP contribution in [-0.4, -0.2) is 10.7 Å². The lowest BCUT2D eigenvalue weighted by molar-refractivity contribution is -0.385. The van der Waals surface area contributed by atoms with Crippen molar-refractivity contribution in [3.63, 3.8) is 0 Å². The van der Waals surface area contributed by atoms with Gasteiger partial charge in [-0.2, -0.15) is 0 Å². The zero-order valence-corrected chi connectivity index (χ0v) is 9.65. The Kier molecular flexibility index (Phi) is 3.42. The Morgan fingerprint density at radius 1 is 1.00 bits per heavy atom. The maximum Gasteiger partial charge on any atom is 0.280 e. The molecular weight excluding hydrogens is 248 g/mol. The van der Waals surface area contributed by atoms with Crippen molar-refractivity contribution in [1.82, 2.24) is 0 Å². The van der Waals surface area contributed by atoms with Gasteiger partial charge in [0.1, 0.15) is 11.3 Å². The molecule has 0 bridgehead atoms. The van der Waals surface area contributed by atoms with E-state index in [1.165, 1.54) is 36.4 Å². The first kappa shape index (κ1) is 12.6. The lowest BCUT2D eigenvalue weighted by Gasteiger charge is -2.03. The maximum atomic E-state index is 12.2. The molecule has 94 valence electrons. The molecule has 2 aromatic rings. The molecule has 0 heterocycles. The SMILES string of the molecule is O=Nc1ccccc1C(=O)c1ccccc1[N+](=O)[O-]. The summed E-state index contributed by atoms with van der Waals surface area (Å²) in [6.07, 6.45) is 0. The van der Waals surface area contributed by atoms with Crippen LogP contribution in [0.25, 0.3) is 0 Å². The molecule has 2 rings (SSSR count). The molecule has 0 aliphatic carbocycles. The Bertz CT molecular complexity index is 667. The number of para-hydroxylation sites is 1. The van der Waals surface area contributed by atoms with Crippen molar-refractivity contribution in [1.29, 1.82) is 0 Å². The average Bonchev–Trinajstić information content (AvgIpc) is 2.46. The number of nitroso groups, excluding NO2 is 1.